The minimum atomic E-state index is -0.348. The number of methoxy groups -OCH3 is 2. The molecule has 112 valence electrons. The highest BCUT2D eigenvalue weighted by molar-refractivity contribution is 9.10. The van der Waals surface area contributed by atoms with Crippen LogP contribution in [0, 0.1) is 0 Å². The van der Waals surface area contributed by atoms with Gasteiger partial charge in [-0.15, -0.1) is 0 Å². The summed E-state index contributed by atoms with van der Waals surface area (Å²) in [6.45, 7) is 2.85. The molecule has 1 aromatic carbocycles. The van der Waals surface area contributed by atoms with Crippen molar-refractivity contribution in [2.75, 3.05) is 20.8 Å². The summed E-state index contributed by atoms with van der Waals surface area (Å²) in [5, 5.41) is 0. The molecule has 0 bridgehead atoms. The summed E-state index contributed by atoms with van der Waals surface area (Å²) in [5.41, 5.74) is 7.06. The van der Waals surface area contributed by atoms with Crippen LogP contribution >= 0.6 is 15.9 Å². The standard InChI is InChI=1S/C15H22BrNO3/c1-15(8-4-5-9-20-15)14(17)10-6-7-11(18-2)12(16)13(10)19-3/h6-7,14H,4-5,8-9,17H2,1-3H3. The van der Waals surface area contributed by atoms with E-state index in [0.29, 0.717) is 5.75 Å². The second-order valence-corrected chi connectivity index (χ2v) is 6.09. The number of halogens is 1. The van der Waals surface area contributed by atoms with E-state index >= 15 is 0 Å². The molecule has 0 spiro atoms. The van der Waals surface area contributed by atoms with Gasteiger partial charge in [0.2, 0.25) is 0 Å². The topological polar surface area (TPSA) is 53.7 Å². The van der Waals surface area contributed by atoms with E-state index in [1.54, 1.807) is 14.2 Å². The van der Waals surface area contributed by atoms with Gasteiger partial charge >= 0.3 is 0 Å². The smallest absolute Gasteiger partial charge is 0.141 e. The maximum Gasteiger partial charge on any atom is 0.141 e. The number of benzene rings is 1. The molecule has 2 atom stereocenters. The fraction of sp³-hybridized carbons (Fsp3) is 0.600. The summed E-state index contributed by atoms with van der Waals surface area (Å²) in [5.74, 6) is 1.44. The predicted molar refractivity (Wildman–Crippen MR) is 82.4 cm³/mol. The van der Waals surface area contributed by atoms with Crippen molar-refractivity contribution in [2.24, 2.45) is 5.73 Å². The predicted octanol–water partition coefficient (Wildman–Crippen LogP) is 3.43. The molecule has 0 aromatic heterocycles. The molecule has 1 aliphatic heterocycles. The van der Waals surface area contributed by atoms with Crippen molar-refractivity contribution in [1.82, 2.24) is 0 Å². The third kappa shape index (κ3) is 2.80. The van der Waals surface area contributed by atoms with Gasteiger partial charge in [-0.25, -0.2) is 0 Å². The van der Waals surface area contributed by atoms with Gasteiger partial charge in [0.05, 0.1) is 25.9 Å². The van der Waals surface area contributed by atoms with Crippen LogP contribution in [0.4, 0.5) is 0 Å². The quantitative estimate of drug-likeness (QED) is 0.909. The van der Waals surface area contributed by atoms with Gasteiger partial charge in [0, 0.05) is 12.2 Å². The maximum atomic E-state index is 6.47. The largest absolute Gasteiger partial charge is 0.495 e. The van der Waals surface area contributed by atoms with Crippen molar-refractivity contribution in [3.05, 3.63) is 22.2 Å². The number of hydrogen-bond acceptors (Lipinski definition) is 4. The average Bonchev–Trinajstić information content (AvgIpc) is 2.47. The van der Waals surface area contributed by atoms with Gasteiger partial charge in [-0.1, -0.05) is 0 Å². The molecule has 1 aliphatic rings. The Labute approximate surface area is 128 Å². The lowest BCUT2D eigenvalue weighted by atomic mass is 9.84. The first-order valence-corrected chi connectivity index (χ1v) is 7.62. The van der Waals surface area contributed by atoms with Crippen LogP contribution < -0.4 is 15.2 Å². The zero-order valence-electron chi connectivity index (χ0n) is 12.2. The minimum absolute atomic E-state index is 0.236. The molecule has 1 fully saturated rings. The molecule has 2 rings (SSSR count). The first-order chi connectivity index (χ1) is 9.53. The third-order valence-corrected chi connectivity index (χ3v) is 4.76. The molecule has 0 saturated carbocycles. The Morgan fingerprint density at radius 3 is 2.60 bits per heavy atom. The summed E-state index contributed by atoms with van der Waals surface area (Å²) in [7, 11) is 3.27. The molecule has 1 heterocycles. The van der Waals surface area contributed by atoms with Crippen molar-refractivity contribution < 1.29 is 14.2 Å². The second kappa shape index (κ2) is 6.33. The monoisotopic (exact) mass is 343 g/mol. The molecule has 1 saturated heterocycles. The van der Waals surface area contributed by atoms with E-state index in [9.17, 15) is 0 Å². The number of hydrogen-bond donors (Lipinski definition) is 1. The van der Waals surface area contributed by atoms with Crippen LogP contribution in [0.25, 0.3) is 0 Å². The van der Waals surface area contributed by atoms with Crippen LogP contribution in [0.2, 0.25) is 0 Å². The molecule has 1 aromatic rings. The lowest BCUT2D eigenvalue weighted by molar-refractivity contribution is -0.0824. The SMILES string of the molecule is COc1ccc(C(N)C2(C)CCCCO2)c(OC)c1Br. The van der Waals surface area contributed by atoms with Crippen molar-refractivity contribution in [3.8, 4) is 11.5 Å². The summed E-state index contributed by atoms with van der Waals surface area (Å²) >= 11 is 3.52. The van der Waals surface area contributed by atoms with Gasteiger partial charge in [-0.2, -0.15) is 0 Å². The minimum Gasteiger partial charge on any atom is -0.495 e. The first kappa shape index (κ1) is 15.6. The molecule has 2 N–H and O–H groups in total. The van der Waals surface area contributed by atoms with Crippen LogP contribution in [0.1, 0.15) is 37.8 Å². The average molecular weight is 344 g/mol. The molecule has 5 heteroatoms. The highest BCUT2D eigenvalue weighted by Gasteiger charge is 2.37. The molecule has 2 unspecified atom stereocenters. The van der Waals surface area contributed by atoms with Crippen molar-refractivity contribution in [3.63, 3.8) is 0 Å². The zero-order chi connectivity index (χ0) is 14.8. The van der Waals surface area contributed by atoms with Crippen molar-refractivity contribution in [1.29, 1.82) is 0 Å². The lowest BCUT2D eigenvalue weighted by Crippen LogP contribution is -2.43. The van der Waals surface area contributed by atoms with Gasteiger partial charge in [0.25, 0.3) is 0 Å². The van der Waals surface area contributed by atoms with Crippen molar-refractivity contribution in [2.45, 2.75) is 37.8 Å². The molecule has 0 radical (unpaired) electrons. The van der Waals surface area contributed by atoms with E-state index < -0.39 is 0 Å². The van der Waals surface area contributed by atoms with Crippen LogP contribution in [0.5, 0.6) is 11.5 Å². The van der Waals surface area contributed by atoms with E-state index in [4.69, 9.17) is 19.9 Å². The number of rotatable bonds is 4. The van der Waals surface area contributed by atoms with E-state index in [0.717, 1.165) is 41.7 Å². The normalized spacial score (nSPS) is 24.2. The Morgan fingerprint density at radius 2 is 2.05 bits per heavy atom. The Hall–Kier alpha value is -0.780. The van der Waals surface area contributed by atoms with Gasteiger partial charge in [0.1, 0.15) is 16.0 Å². The summed E-state index contributed by atoms with van der Waals surface area (Å²) < 4.78 is 17.5. The third-order valence-electron chi connectivity index (χ3n) is 4.01. The maximum absolute atomic E-state index is 6.47. The van der Waals surface area contributed by atoms with E-state index in [1.807, 2.05) is 12.1 Å². The summed E-state index contributed by atoms with van der Waals surface area (Å²) in [6, 6.07) is 3.62. The van der Waals surface area contributed by atoms with E-state index in [1.165, 1.54) is 0 Å². The molecular formula is C15H22BrNO3. The highest BCUT2D eigenvalue weighted by atomic mass is 79.9. The lowest BCUT2D eigenvalue weighted by Gasteiger charge is -2.39. The molecule has 0 amide bonds. The number of ether oxygens (including phenoxy) is 3. The Bertz CT molecular complexity index is 472. The summed E-state index contributed by atoms with van der Waals surface area (Å²) in [4.78, 5) is 0. The van der Waals surface area contributed by atoms with Gasteiger partial charge in [-0.3, -0.25) is 0 Å². The van der Waals surface area contributed by atoms with Crippen LogP contribution in [0.3, 0.4) is 0 Å². The van der Waals surface area contributed by atoms with E-state index in [-0.39, 0.29) is 11.6 Å². The molecular weight excluding hydrogens is 322 g/mol. The first-order valence-electron chi connectivity index (χ1n) is 6.83. The van der Waals surface area contributed by atoms with Crippen LogP contribution in [0.15, 0.2) is 16.6 Å². The fourth-order valence-corrected chi connectivity index (χ4v) is 3.38. The summed E-state index contributed by atoms with van der Waals surface area (Å²) in [6.07, 6.45) is 3.20. The Morgan fingerprint density at radius 1 is 1.30 bits per heavy atom. The second-order valence-electron chi connectivity index (χ2n) is 5.30. The van der Waals surface area contributed by atoms with Gasteiger partial charge < -0.3 is 19.9 Å². The van der Waals surface area contributed by atoms with Crippen molar-refractivity contribution >= 4 is 15.9 Å². The van der Waals surface area contributed by atoms with Crippen LogP contribution in [-0.4, -0.2) is 26.4 Å². The zero-order valence-corrected chi connectivity index (χ0v) is 13.8. The molecule has 0 aliphatic carbocycles. The fourth-order valence-electron chi connectivity index (χ4n) is 2.69. The Kier molecular flexibility index (Phi) is 4.94. The highest BCUT2D eigenvalue weighted by Crippen LogP contribution is 2.44. The van der Waals surface area contributed by atoms with Crippen LogP contribution in [-0.2, 0) is 4.74 Å². The van der Waals surface area contributed by atoms with Gasteiger partial charge in [-0.05, 0) is 54.2 Å². The molecule has 20 heavy (non-hydrogen) atoms. The number of nitrogens with two attached hydrogens (primary N) is 1. The van der Waals surface area contributed by atoms with Gasteiger partial charge in [0.15, 0.2) is 0 Å². The molecule has 4 nitrogen and oxygen atoms in total. The Balaban J connectivity index is 2.38. The van der Waals surface area contributed by atoms with E-state index in [2.05, 4.69) is 22.9 Å².